The lowest BCUT2D eigenvalue weighted by Gasteiger charge is -2.07. The Bertz CT molecular complexity index is 387. The van der Waals surface area contributed by atoms with Crippen LogP contribution in [-0.2, 0) is 13.0 Å². The normalized spacial score (nSPS) is 14.5. The van der Waals surface area contributed by atoms with Crippen LogP contribution in [0.1, 0.15) is 21.5 Å². The zero-order valence-corrected chi connectivity index (χ0v) is 9.21. The van der Waals surface area contributed by atoms with Gasteiger partial charge >= 0.3 is 0 Å². The molecule has 1 amide bonds. The van der Waals surface area contributed by atoms with Crippen molar-refractivity contribution in [1.82, 2.24) is 10.2 Å². The van der Waals surface area contributed by atoms with Gasteiger partial charge in [-0.15, -0.1) is 0 Å². The van der Waals surface area contributed by atoms with Gasteiger partial charge in [-0.1, -0.05) is 12.1 Å². The molecule has 1 aromatic rings. The number of carbonyl (C=O) groups excluding carboxylic acids is 1. The molecule has 0 unspecified atom stereocenters. The van der Waals surface area contributed by atoms with Gasteiger partial charge in [0, 0.05) is 19.2 Å². The molecule has 3 heteroatoms. The molecule has 1 N–H and O–H groups in total. The van der Waals surface area contributed by atoms with Crippen LogP contribution in [0.3, 0.4) is 0 Å². The molecule has 15 heavy (non-hydrogen) atoms. The van der Waals surface area contributed by atoms with Crippen LogP contribution in [0.25, 0.3) is 0 Å². The van der Waals surface area contributed by atoms with Crippen molar-refractivity contribution >= 4 is 5.91 Å². The first-order valence-corrected chi connectivity index (χ1v) is 5.25. The summed E-state index contributed by atoms with van der Waals surface area (Å²) in [5, 5.41) is 3.13. The number of fused-ring (bicyclic) bond motifs is 1. The lowest BCUT2D eigenvalue weighted by Crippen LogP contribution is -2.17. The van der Waals surface area contributed by atoms with Gasteiger partial charge in [-0.05, 0) is 37.2 Å². The Morgan fingerprint density at radius 2 is 2.27 bits per heavy atom. The number of nitrogens with one attached hydrogen (secondary N) is 1. The fourth-order valence-electron chi connectivity index (χ4n) is 2.03. The Morgan fingerprint density at radius 1 is 1.47 bits per heavy atom. The summed E-state index contributed by atoms with van der Waals surface area (Å²) >= 11 is 0. The summed E-state index contributed by atoms with van der Waals surface area (Å²) in [5.74, 6) is 0.149. The maximum absolute atomic E-state index is 11.7. The minimum atomic E-state index is 0.149. The van der Waals surface area contributed by atoms with Crippen molar-refractivity contribution in [3.05, 3.63) is 34.9 Å². The van der Waals surface area contributed by atoms with Crippen LogP contribution in [0.2, 0.25) is 0 Å². The summed E-state index contributed by atoms with van der Waals surface area (Å²) in [6, 6.07) is 6.01. The lowest BCUT2D eigenvalue weighted by atomic mass is 10.0. The number of likely N-dealkylation sites (N-methyl/N-ethyl adjacent to an activating group) is 1. The van der Waals surface area contributed by atoms with Gasteiger partial charge in [0.25, 0.3) is 5.91 Å². The standard InChI is InChI=1S/C12H16N2O/c1-13-7-6-9-4-3-5-10-11(9)8-14(2)12(10)15/h3-5,13H,6-8H2,1-2H3. The predicted octanol–water partition coefficient (Wildman–Crippen LogP) is 1.03. The highest BCUT2D eigenvalue weighted by atomic mass is 16.2. The Labute approximate surface area is 90.1 Å². The fraction of sp³-hybridized carbons (Fsp3) is 0.417. The third-order valence-electron chi connectivity index (χ3n) is 2.89. The van der Waals surface area contributed by atoms with Gasteiger partial charge in [0.1, 0.15) is 0 Å². The topological polar surface area (TPSA) is 32.3 Å². The molecular formula is C12H16N2O. The molecule has 0 spiro atoms. The van der Waals surface area contributed by atoms with Crippen molar-refractivity contribution in [3.8, 4) is 0 Å². The summed E-state index contributed by atoms with van der Waals surface area (Å²) in [5.41, 5.74) is 3.38. The third-order valence-corrected chi connectivity index (χ3v) is 2.89. The van der Waals surface area contributed by atoms with Gasteiger partial charge in [0.05, 0.1) is 0 Å². The number of amides is 1. The van der Waals surface area contributed by atoms with Crippen LogP contribution in [0.4, 0.5) is 0 Å². The van der Waals surface area contributed by atoms with E-state index in [0.29, 0.717) is 0 Å². The SMILES string of the molecule is CNCCc1cccc2c1CN(C)C2=O. The van der Waals surface area contributed by atoms with Crippen molar-refractivity contribution < 1.29 is 4.79 Å². The second kappa shape index (κ2) is 4.03. The maximum atomic E-state index is 11.7. The van der Waals surface area contributed by atoms with Crippen LogP contribution in [0, 0.1) is 0 Å². The third kappa shape index (κ3) is 1.75. The van der Waals surface area contributed by atoms with Crippen molar-refractivity contribution in [2.24, 2.45) is 0 Å². The van der Waals surface area contributed by atoms with E-state index in [2.05, 4.69) is 11.4 Å². The van der Waals surface area contributed by atoms with Crippen LogP contribution in [0.15, 0.2) is 18.2 Å². The molecule has 0 saturated carbocycles. The van der Waals surface area contributed by atoms with E-state index >= 15 is 0 Å². The van der Waals surface area contributed by atoms with Gasteiger partial charge < -0.3 is 10.2 Å². The molecule has 0 saturated heterocycles. The fourth-order valence-corrected chi connectivity index (χ4v) is 2.03. The van der Waals surface area contributed by atoms with Crippen LogP contribution < -0.4 is 5.32 Å². The van der Waals surface area contributed by atoms with E-state index in [1.165, 1.54) is 11.1 Å². The quantitative estimate of drug-likeness (QED) is 0.797. The van der Waals surface area contributed by atoms with Crippen LogP contribution in [0.5, 0.6) is 0 Å². The smallest absolute Gasteiger partial charge is 0.254 e. The van der Waals surface area contributed by atoms with E-state index in [9.17, 15) is 4.79 Å². The van der Waals surface area contributed by atoms with Crippen molar-refractivity contribution in [2.45, 2.75) is 13.0 Å². The summed E-state index contributed by atoms with van der Waals surface area (Å²) < 4.78 is 0. The molecule has 1 aromatic carbocycles. The molecule has 0 bridgehead atoms. The van der Waals surface area contributed by atoms with E-state index in [4.69, 9.17) is 0 Å². The molecule has 0 fully saturated rings. The highest BCUT2D eigenvalue weighted by Crippen LogP contribution is 2.24. The van der Waals surface area contributed by atoms with E-state index in [1.54, 1.807) is 4.90 Å². The molecule has 0 radical (unpaired) electrons. The minimum Gasteiger partial charge on any atom is -0.337 e. The molecule has 80 valence electrons. The lowest BCUT2D eigenvalue weighted by molar-refractivity contribution is 0.0816. The molecule has 1 aliphatic rings. The summed E-state index contributed by atoms with van der Waals surface area (Å²) in [6.45, 7) is 1.71. The zero-order chi connectivity index (χ0) is 10.8. The molecule has 0 aromatic heterocycles. The zero-order valence-electron chi connectivity index (χ0n) is 9.21. The predicted molar refractivity (Wildman–Crippen MR) is 59.9 cm³/mol. The van der Waals surface area contributed by atoms with Crippen molar-refractivity contribution in [2.75, 3.05) is 20.6 Å². The number of benzene rings is 1. The van der Waals surface area contributed by atoms with Crippen molar-refractivity contribution in [1.29, 1.82) is 0 Å². The summed E-state index contributed by atoms with van der Waals surface area (Å²) in [7, 11) is 3.80. The number of rotatable bonds is 3. The first-order valence-electron chi connectivity index (χ1n) is 5.25. The molecule has 0 aliphatic carbocycles. The molecule has 2 rings (SSSR count). The summed E-state index contributed by atoms with van der Waals surface area (Å²) in [6.07, 6.45) is 0.987. The monoisotopic (exact) mass is 204 g/mol. The van der Waals surface area contributed by atoms with Crippen molar-refractivity contribution in [3.63, 3.8) is 0 Å². The van der Waals surface area contributed by atoms with E-state index in [1.807, 2.05) is 26.2 Å². The Hall–Kier alpha value is -1.35. The summed E-state index contributed by atoms with van der Waals surface area (Å²) in [4.78, 5) is 13.5. The van der Waals surface area contributed by atoms with Gasteiger partial charge in [0.2, 0.25) is 0 Å². The highest BCUT2D eigenvalue weighted by molar-refractivity contribution is 5.98. The number of hydrogen-bond donors (Lipinski definition) is 1. The Balaban J connectivity index is 2.32. The van der Waals surface area contributed by atoms with Gasteiger partial charge in [0.15, 0.2) is 0 Å². The van der Waals surface area contributed by atoms with E-state index in [-0.39, 0.29) is 5.91 Å². The average Bonchev–Trinajstić information content (AvgIpc) is 2.53. The molecular weight excluding hydrogens is 188 g/mol. The average molecular weight is 204 g/mol. The van der Waals surface area contributed by atoms with Gasteiger partial charge in [-0.25, -0.2) is 0 Å². The Morgan fingerprint density at radius 3 is 3.00 bits per heavy atom. The molecule has 0 atom stereocenters. The van der Waals surface area contributed by atoms with E-state index < -0.39 is 0 Å². The van der Waals surface area contributed by atoms with Crippen LogP contribution >= 0.6 is 0 Å². The van der Waals surface area contributed by atoms with Gasteiger partial charge in [-0.2, -0.15) is 0 Å². The maximum Gasteiger partial charge on any atom is 0.254 e. The molecule has 3 nitrogen and oxygen atoms in total. The molecule has 1 heterocycles. The molecule has 1 aliphatic heterocycles. The Kier molecular flexibility index (Phi) is 2.73. The first kappa shape index (κ1) is 10.2. The number of carbonyl (C=O) groups is 1. The first-order chi connectivity index (χ1) is 7.24. The number of hydrogen-bond acceptors (Lipinski definition) is 2. The van der Waals surface area contributed by atoms with E-state index in [0.717, 1.165) is 25.1 Å². The number of nitrogens with zero attached hydrogens (tertiary/aromatic N) is 1. The minimum absolute atomic E-state index is 0.149. The van der Waals surface area contributed by atoms with Gasteiger partial charge in [-0.3, -0.25) is 4.79 Å². The highest BCUT2D eigenvalue weighted by Gasteiger charge is 2.25. The largest absolute Gasteiger partial charge is 0.337 e. The van der Waals surface area contributed by atoms with Crippen LogP contribution in [-0.4, -0.2) is 31.4 Å². The second-order valence-electron chi connectivity index (χ2n) is 3.96. The second-order valence-corrected chi connectivity index (χ2v) is 3.96.